The SMILES string of the molecule is CC(C)c1ccnc2[nH]c(=O)[nH]c12.CC(C)c1ccnc2[nH]c(=O)n(C)c12.CC(C)c1ccnc2c1[nH]c(=O)n2C.CC(C)c1ccnc2c1n(C)c(=O)n2C. The van der Waals surface area contributed by atoms with Crippen molar-refractivity contribution in [1.82, 2.24) is 58.1 Å². The van der Waals surface area contributed by atoms with Crippen LogP contribution in [0.1, 0.15) is 101 Å². The Kier molecular flexibility index (Phi) is 12.1. The molecule has 0 radical (unpaired) electrons. The molecule has 0 aromatic carbocycles. The van der Waals surface area contributed by atoms with E-state index in [-0.39, 0.29) is 22.8 Å². The van der Waals surface area contributed by atoms with Crippen molar-refractivity contribution in [2.24, 2.45) is 28.2 Å². The Morgan fingerprint density at radius 2 is 0.911 bits per heavy atom. The molecule has 0 aliphatic heterocycles. The Morgan fingerprint density at radius 1 is 0.446 bits per heavy atom. The lowest BCUT2D eigenvalue weighted by atomic mass is 10.0. The van der Waals surface area contributed by atoms with Crippen LogP contribution < -0.4 is 22.8 Å². The number of fused-ring (bicyclic) bond motifs is 4. The van der Waals surface area contributed by atoms with Gasteiger partial charge in [-0.3, -0.25) is 28.2 Å². The second-order valence-corrected chi connectivity index (χ2v) is 15.0. The number of aromatic amines is 4. The molecule has 0 saturated heterocycles. The fraction of sp³-hybridized carbons (Fsp3) is 0.400. The van der Waals surface area contributed by atoms with E-state index in [2.05, 4.69) is 95.3 Å². The van der Waals surface area contributed by atoms with Crippen LogP contribution >= 0.6 is 0 Å². The van der Waals surface area contributed by atoms with Gasteiger partial charge in [-0.25, -0.2) is 39.1 Å². The largest absolute Gasteiger partial charge is 0.329 e. The minimum Gasteiger partial charge on any atom is -0.304 e. The van der Waals surface area contributed by atoms with Gasteiger partial charge in [-0.1, -0.05) is 55.4 Å². The number of aromatic nitrogens is 12. The maximum Gasteiger partial charge on any atom is 0.329 e. The van der Waals surface area contributed by atoms with Crippen molar-refractivity contribution < 1.29 is 0 Å². The molecule has 0 unspecified atom stereocenters. The van der Waals surface area contributed by atoms with E-state index in [9.17, 15) is 19.2 Å². The van der Waals surface area contributed by atoms with Crippen LogP contribution in [0.15, 0.2) is 68.2 Å². The molecule has 0 fully saturated rings. The Balaban J connectivity index is 0.000000143. The van der Waals surface area contributed by atoms with Gasteiger partial charge in [-0.15, -0.1) is 0 Å². The van der Waals surface area contributed by atoms with Crippen LogP contribution in [-0.4, -0.2) is 58.1 Å². The van der Waals surface area contributed by atoms with Gasteiger partial charge in [0.1, 0.15) is 0 Å². The molecule has 8 aromatic heterocycles. The third kappa shape index (κ3) is 8.04. The summed E-state index contributed by atoms with van der Waals surface area (Å²) < 4.78 is 6.39. The fourth-order valence-corrected chi connectivity index (χ4v) is 6.64. The molecule has 0 spiro atoms. The highest BCUT2D eigenvalue weighted by molar-refractivity contribution is 5.77. The predicted octanol–water partition coefficient (Wildman–Crippen LogP) is 5.54. The Labute approximate surface area is 322 Å². The molecule has 16 heteroatoms. The average molecular weight is 765 g/mol. The monoisotopic (exact) mass is 764 g/mol. The smallest absolute Gasteiger partial charge is 0.304 e. The zero-order chi connectivity index (χ0) is 41.2. The quantitative estimate of drug-likeness (QED) is 0.179. The van der Waals surface area contributed by atoms with E-state index in [4.69, 9.17) is 0 Å². The summed E-state index contributed by atoms with van der Waals surface area (Å²) in [5.41, 5.74) is 10.4. The molecule has 0 saturated carbocycles. The molecule has 0 bridgehead atoms. The number of hydrogen-bond acceptors (Lipinski definition) is 8. The topological polar surface area (TPSA) is 203 Å². The van der Waals surface area contributed by atoms with Gasteiger partial charge in [0, 0.05) is 53.0 Å². The summed E-state index contributed by atoms with van der Waals surface area (Å²) in [4.78, 5) is 73.0. The number of nitrogens with one attached hydrogen (secondary N) is 4. The lowest BCUT2D eigenvalue weighted by molar-refractivity contribution is 0.786. The second-order valence-electron chi connectivity index (χ2n) is 15.0. The predicted molar refractivity (Wildman–Crippen MR) is 222 cm³/mol. The number of nitrogens with zero attached hydrogens (tertiary/aromatic N) is 8. The summed E-state index contributed by atoms with van der Waals surface area (Å²) in [5, 5.41) is 0. The van der Waals surface area contributed by atoms with Crippen LogP contribution in [0.2, 0.25) is 0 Å². The molecular weight excluding hydrogens is 713 g/mol. The maximum absolute atomic E-state index is 11.7. The highest BCUT2D eigenvalue weighted by Gasteiger charge is 2.15. The zero-order valence-electron chi connectivity index (χ0n) is 34.1. The first kappa shape index (κ1) is 40.9. The highest BCUT2D eigenvalue weighted by Crippen LogP contribution is 2.24. The van der Waals surface area contributed by atoms with Gasteiger partial charge in [0.15, 0.2) is 22.6 Å². The molecule has 4 N–H and O–H groups in total. The number of imidazole rings is 4. The van der Waals surface area contributed by atoms with Crippen LogP contribution in [-0.2, 0) is 28.2 Å². The number of rotatable bonds is 4. The maximum atomic E-state index is 11.7. The number of hydrogen-bond donors (Lipinski definition) is 4. The van der Waals surface area contributed by atoms with Crippen LogP contribution in [0.4, 0.5) is 0 Å². The summed E-state index contributed by atoms with van der Waals surface area (Å²) in [6.45, 7) is 16.8. The fourth-order valence-electron chi connectivity index (χ4n) is 6.64. The van der Waals surface area contributed by atoms with E-state index in [0.29, 0.717) is 35.0 Å². The highest BCUT2D eigenvalue weighted by atomic mass is 16.2. The average Bonchev–Trinajstić information content (AvgIpc) is 3.85. The van der Waals surface area contributed by atoms with E-state index >= 15 is 0 Å². The molecular formula is C40H52N12O4. The summed E-state index contributed by atoms with van der Waals surface area (Å²) in [6.07, 6.45) is 6.94. The normalized spacial score (nSPS) is 11.4. The van der Waals surface area contributed by atoms with Crippen molar-refractivity contribution in [3.63, 3.8) is 0 Å². The first-order valence-electron chi connectivity index (χ1n) is 18.6. The number of aryl methyl sites for hydroxylation is 4. The lowest BCUT2D eigenvalue weighted by Crippen LogP contribution is -2.19. The minimum atomic E-state index is -0.199. The molecule has 0 aliphatic carbocycles. The zero-order valence-corrected chi connectivity index (χ0v) is 34.1. The summed E-state index contributed by atoms with van der Waals surface area (Å²) in [6, 6.07) is 7.81. The summed E-state index contributed by atoms with van der Waals surface area (Å²) >= 11 is 0. The van der Waals surface area contributed by atoms with Gasteiger partial charge < -0.3 is 9.97 Å². The van der Waals surface area contributed by atoms with E-state index in [1.54, 1.807) is 66.7 Å². The van der Waals surface area contributed by atoms with E-state index in [1.807, 2.05) is 24.3 Å². The number of H-pyrrole nitrogens is 4. The molecule has 296 valence electrons. The van der Waals surface area contributed by atoms with Gasteiger partial charge in [0.05, 0.1) is 22.1 Å². The molecule has 16 nitrogen and oxygen atoms in total. The van der Waals surface area contributed by atoms with Gasteiger partial charge in [-0.2, -0.15) is 0 Å². The number of pyridine rings is 4. The van der Waals surface area contributed by atoms with Crippen molar-refractivity contribution in [1.29, 1.82) is 0 Å². The minimum absolute atomic E-state index is 0.0226. The molecule has 8 rings (SSSR count). The molecule has 8 heterocycles. The molecule has 0 atom stereocenters. The second kappa shape index (κ2) is 16.6. The Morgan fingerprint density at radius 3 is 1.48 bits per heavy atom. The third-order valence-corrected chi connectivity index (χ3v) is 9.74. The van der Waals surface area contributed by atoms with Crippen molar-refractivity contribution in [2.45, 2.75) is 79.1 Å². The molecule has 56 heavy (non-hydrogen) atoms. The van der Waals surface area contributed by atoms with Crippen molar-refractivity contribution in [3.05, 3.63) is 113 Å². The lowest BCUT2D eigenvalue weighted by Gasteiger charge is -2.07. The first-order chi connectivity index (χ1) is 26.4. The van der Waals surface area contributed by atoms with Crippen molar-refractivity contribution >= 4 is 44.7 Å². The van der Waals surface area contributed by atoms with E-state index < -0.39 is 0 Å². The summed E-state index contributed by atoms with van der Waals surface area (Å²) in [7, 11) is 7.02. The van der Waals surface area contributed by atoms with Crippen LogP contribution in [0, 0.1) is 0 Å². The van der Waals surface area contributed by atoms with Gasteiger partial charge in [-0.05, 0) is 70.2 Å². The van der Waals surface area contributed by atoms with Crippen LogP contribution in [0.3, 0.4) is 0 Å². The van der Waals surface area contributed by atoms with Crippen LogP contribution in [0.25, 0.3) is 44.7 Å². The molecule has 8 aromatic rings. The van der Waals surface area contributed by atoms with E-state index in [0.717, 1.165) is 50.1 Å². The summed E-state index contributed by atoms with van der Waals surface area (Å²) in [5.74, 6) is 1.56. The van der Waals surface area contributed by atoms with Gasteiger partial charge in [0.2, 0.25) is 0 Å². The first-order valence-corrected chi connectivity index (χ1v) is 18.6. The van der Waals surface area contributed by atoms with Gasteiger partial charge >= 0.3 is 22.8 Å². The van der Waals surface area contributed by atoms with Gasteiger partial charge in [0.25, 0.3) is 0 Å². The standard InChI is InChI=1S/C11H15N3O.2C10H13N3O.C9H11N3O/c1-7(2)8-5-6-12-10-9(8)13(3)11(15)14(10)4;1-6(2)7-4-5-11-9-8(7)13(3)10(14)12-9;1-6(2)7-4-5-11-9-8(7)12-10(14)13(9)3;1-5(2)6-3-4-10-8-7(6)11-9(13)12-8/h5-7H,1-4H3;4-6H,1-3H3,(H,11,12,14);4-6H,1-3H3,(H,12,14);3-5H,1-2H3,(H2,10,11,12,13). The Bertz CT molecular complexity index is 2870. The third-order valence-electron chi connectivity index (χ3n) is 9.74. The van der Waals surface area contributed by atoms with Crippen molar-refractivity contribution in [3.8, 4) is 0 Å². The molecule has 0 amide bonds. The Hall–Kier alpha value is -6.32. The van der Waals surface area contributed by atoms with Crippen molar-refractivity contribution in [2.75, 3.05) is 0 Å². The van der Waals surface area contributed by atoms with E-state index in [1.165, 1.54) is 10.1 Å². The molecule has 0 aliphatic rings. The van der Waals surface area contributed by atoms with Crippen LogP contribution in [0.5, 0.6) is 0 Å².